The number of hydrogen-bond acceptors (Lipinski definition) is 8. The Morgan fingerprint density at radius 2 is 1.54 bits per heavy atom. The molecule has 1 aromatic rings. The number of ether oxygens (including phenoxy) is 1. The molecule has 0 aromatic heterocycles. The Kier molecular flexibility index (Phi) is 7.70. The van der Waals surface area contributed by atoms with Gasteiger partial charge in [-0.15, -0.1) is 0 Å². The van der Waals surface area contributed by atoms with E-state index in [0.717, 1.165) is 12.1 Å². The fourth-order valence-corrected chi connectivity index (χ4v) is 2.50. The molecule has 1 rings (SSSR count). The minimum absolute atomic E-state index is 0.0775. The second-order valence-corrected chi connectivity index (χ2v) is 6.78. The van der Waals surface area contributed by atoms with Crippen LogP contribution in [0.2, 0.25) is 0 Å². The van der Waals surface area contributed by atoms with Gasteiger partial charge in [-0.1, -0.05) is 0 Å². The zero-order valence-corrected chi connectivity index (χ0v) is 14.7. The molecule has 0 amide bonds. The summed E-state index contributed by atoms with van der Waals surface area (Å²) < 4.78 is 99.9. The molecule has 0 bridgehead atoms. The van der Waals surface area contributed by atoms with E-state index < -0.39 is 39.2 Å². The molecular formula is C14H15F5NO7S-. The summed E-state index contributed by atoms with van der Waals surface area (Å²) in [6, 6.07) is 4.15. The number of alkyl halides is 5. The highest BCUT2D eigenvalue weighted by Gasteiger charge is 2.63. The Balaban J connectivity index is 3.10. The number of esters is 1. The molecule has 1 aromatic carbocycles. The molecule has 0 radical (unpaired) electrons. The number of anilines is 1. The van der Waals surface area contributed by atoms with E-state index in [1.165, 1.54) is 17.0 Å². The third-order valence-corrected chi connectivity index (χ3v) is 4.25. The summed E-state index contributed by atoms with van der Waals surface area (Å²) in [4.78, 5) is 13.2. The van der Waals surface area contributed by atoms with E-state index in [9.17, 15) is 39.7 Å². The average Bonchev–Trinajstić information content (AvgIpc) is 2.57. The minimum atomic E-state index is -6.78. The summed E-state index contributed by atoms with van der Waals surface area (Å²) >= 11 is 0. The molecule has 0 aliphatic carbocycles. The van der Waals surface area contributed by atoms with Crippen LogP contribution < -0.4 is 4.90 Å². The topological polar surface area (TPSA) is 127 Å². The summed E-state index contributed by atoms with van der Waals surface area (Å²) in [6.07, 6.45) is -10.5. The van der Waals surface area contributed by atoms with Crippen molar-refractivity contribution in [3.8, 4) is 0 Å². The molecule has 0 saturated carbocycles. The van der Waals surface area contributed by atoms with Crippen LogP contribution in [0.4, 0.5) is 27.6 Å². The zero-order valence-electron chi connectivity index (χ0n) is 13.9. The monoisotopic (exact) mass is 436 g/mol. The van der Waals surface area contributed by atoms with Crippen LogP contribution in [0, 0.1) is 0 Å². The van der Waals surface area contributed by atoms with E-state index in [1.807, 2.05) is 0 Å². The molecule has 1 unspecified atom stereocenters. The van der Waals surface area contributed by atoms with Crippen molar-refractivity contribution in [2.24, 2.45) is 0 Å². The van der Waals surface area contributed by atoms with Gasteiger partial charge in [0.15, 0.2) is 10.1 Å². The third-order valence-electron chi connectivity index (χ3n) is 3.37. The van der Waals surface area contributed by atoms with Crippen LogP contribution in [0.25, 0.3) is 0 Å². The van der Waals surface area contributed by atoms with Crippen molar-refractivity contribution in [3.63, 3.8) is 0 Å². The Bertz CT molecular complexity index is 761. The number of carbonyl (C=O) groups excluding carboxylic acids is 1. The zero-order chi connectivity index (χ0) is 21.8. The summed E-state index contributed by atoms with van der Waals surface area (Å²) in [6.45, 7) is -0.437. The van der Waals surface area contributed by atoms with E-state index in [4.69, 9.17) is 10.2 Å². The predicted octanol–water partition coefficient (Wildman–Crippen LogP) is 0.703. The molecule has 28 heavy (non-hydrogen) atoms. The summed E-state index contributed by atoms with van der Waals surface area (Å²) in [7, 11) is -6.78. The molecule has 0 aliphatic heterocycles. The number of aliphatic hydroxyl groups is 2. The smallest absolute Gasteiger partial charge is 0.432 e. The molecule has 1 atom stereocenters. The maximum atomic E-state index is 13.4. The average molecular weight is 436 g/mol. The van der Waals surface area contributed by atoms with Gasteiger partial charge in [0, 0.05) is 18.8 Å². The lowest BCUT2D eigenvalue weighted by Gasteiger charge is -2.29. The Morgan fingerprint density at radius 1 is 1.07 bits per heavy atom. The van der Waals surface area contributed by atoms with E-state index in [0.29, 0.717) is 5.69 Å². The van der Waals surface area contributed by atoms with Gasteiger partial charge in [-0.25, -0.2) is 13.2 Å². The van der Waals surface area contributed by atoms with E-state index in [1.54, 1.807) is 0 Å². The van der Waals surface area contributed by atoms with Gasteiger partial charge in [0.1, 0.15) is 0 Å². The molecule has 8 nitrogen and oxygen atoms in total. The fraction of sp³-hybridized carbons (Fsp3) is 0.500. The highest BCUT2D eigenvalue weighted by Crippen LogP contribution is 2.38. The Labute approximate surface area is 155 Å². The highest BCUT2D eigenvalue weighted by atomic mass is 32.2. The van der Waals surface area contributed by atoms with E-state index >= 15 is 0 Å². The van der Waals surface area contributed by atoms with Gasteiger partial charge in [-0.2, -0.15) is 22.0 Å². The number of rotatable bonds is 9. The van der Waals surface area contributed by atoms with Gasteiger partial charge in [0.2, 0.25) is 0 Å². The quantitative estimate of drug-likeness (QED) is 0.329. The SMILES string of the molecule is O=C(OC(C(F)(F)F)C(F)(F)S(=O)(=O)[O-])c1ccc(N(CCO)CCO)cc1. The Morgan fingerprint density at radius 3 is 1.89 bits per heavy atom. The van der Waals surface area contributed by atoms with Crippen molar-refractivity contribution < 1.29 is 54.7 Å². The number of nitrogens with zero attached hydrogens (tertiary/aromatic N) is 1. The number of aliphatic hydroxyl groups excluding tert-OH is 2. The summed E-state index contributed by atoms with van der Waals surface area (Å²) in [5.41, 5.74) is -0.301. The standard InChI is InChI=1S/C14H16F5NO7S/c15-13(16,17)12(14(18,19)28(24,25)26)27-11(23)9-1-3-10(4-2-9)20(5-7-21)6-8-22/h1-4,12,21-22H,5-8H2,(H,24,25,26)/p-1. The molecule has 14 heteroatoms. The van der Waals surface area contributed by atoms with Crippen LogP contribution in [0.3, 0.4) is 0 Å². The second kappa shape index (κ2) is 8.98. The summed E-state index contributed by atoms with van der Waals surface area (Å²) in [5.74, 6) is -1.94. The predicted molar refractivity (Wildman–Crippen MR) is 82.7 cm³/mol. The normalized spacial score (nSPS) is 13.9. The van der Waals surface area contributed by atoms with Crippen molar-refractivity contribution in [1.82, 2.24) is 0 Å². The largest absolute Gasteiger partial charge is 0.743 e. The van der Waals surface area contributed by atoms with Crippen molar-refractivity contribution in [2.75, 3.05) is 31.2 Å². The first-order valence-electron chi connectivity index (χ1n) is 7.43. The van der Waals surface area contributed by atoms with E-state index in [2.05, 4.69) is 4.74 Å². The van der Waals surface area contributed by atoms with Crippen LogP contribution in [-0.2, 0) is 14.9 Å². The lowest BCUT2D eigenvalue weighted by molar-refractivity contribution is -0.248. The highest BCUT2D eigenvalue weighted by molar-refractivity contribution is 7.86. The molecule has 0 heterocycles. The first-order chi connectivity index (χ1) is 12.8. The van der Waals surface area contributed by atoms with Gasteiger partial charge in [0.05, 0.1) is 18.8 Å². The fourth-order valence-electron chi connectivity index (χ4n) is 2.05. The summed E-state index contributed by atoms with van der Waals surface area (Å²) in [5, 5.41) is 11.9. The van der Waals surface area contributed by atoms with Crippen molar-refractivity contribution in [2.45, 2.75) is 17.5 Å². The van der Waals surface area contributed by atoms with Crippen molar-refractivity contribution in [1.29, 1.82) is 0 Å². The van der Waals surface area contributed by atoms with Gasteiger partial charge < -0.3 is 24.4 Å². The van der Waals surface area contributed by atoms with Crippen molar-refractivity contribution in [3.05, 3.63) is 29.8 Å². The Hall–Kier alpha value is -2.03. The van der Waals surface area contributed by atoms with Crippen LogP contribution >= 0.6 is 0 Å². The van der Waals surface area contributed by atoms with Crippen LogP contribution in [0.1, 0.15) is 10.4 Å². The van der Waals surface area contributed by atoms with Crippen molar-refractivity contribution >= 4 is 21.8 Å². The molecule has 0 spiro atoms. The lowest BCUT2D eigenvalue weighted by atomic mass is 10.2. The molecule has 2 N–H and O–H groups in total. The van der Waals surface area contributed by atoms with Gasteiger partial charge in [-0.3, -0.25) is 0 Å². The first-order valence-corrected chi connectivity index (χ1v) is 8.84. The molecule has 0 aliphatic rings. The molecule has 0 saturated heterocycles. The van der Waals surface area contributed by atoms with E-state index in [-0.39, 0.29) is 26.3 Å². The maximum Gasteiger partial charge on any atom is 0.432 e. The van der Waals surface area contributed by atoms with Crippen LogP contribution in [0.5, 0.6) is 0 Å². The number of halogens is 5. The van der Waals surface area contributed by atoms with Gasteiger partial charge in [0.25, 0.3) is 6.10 Å². The van der Waals surface area contributed by atoms with Crippen LogP contribution in [-0.4, -0.2) is 73.0 Å². The van der Waals surface area contributed by atoms with Crippen LogP contribution in [0.15, 0.2) is 24.3 Å². The maximum absolute atomic E-state index is 13.4. The number of hydrogen-bond donors (Lipinski definition) is 2. The second-order valence-electron chi connectivity index (χ2n) is 5.32. The van der Waals surface area contributed by atoms with Gasteiger partial charge >= 0.3 is 17.4 Å². The van der Waals surface area contributed by atoms with Gasteiger partial charge in [-0.05, 0) is 24.3 Å². The minimum Gasteiger partial charge on any atom is -0.743 e. The number of benzene rings is 1. The molecule has 160 valence electrons. The first kappa shape index (κ1) is 24.0. The molecular weight excluding hydrogens is 421 g/mol. The lowest BCUT2D eigenvalue weighted by Crippen LogP contribution is -2.52. The molecule has 0 fully saturated rings. The number of carbonyl (C=O) groups is 1. The third kappa shape index (κ3) is 5.73.